The topological polar surface area (TPSA) is 19.0 Å². The third-order valence-electron chi connectivity index (χ3n) is 3.29. The van der Waals surface area contributed by atoms with Crippen LogP contribution in [0.1, 0.15) is 13.8 Å². The lowest BCUT2D eigenvalue weighted by Crippen LogP contribution is -2.47. The lowest BCUT2D eigenvalue weighted by molar-refractivity contribution is 0.158. The van der Waals surface area contributed by atoms with Crippen LogP contribution < -0.4 is 0 Å². The average Bonchev–Trinajstić information content (AvgIpc) is 2.35. The zero-order valence-corrected chi connectivity index (χ0v) is 12.1. The molecule has 1 aliphatic rings. The van der Waals surface area contributed by atoms with Gasteiger partial charge in [0, 0.05) is 32.7 Å². The number of piperazine rings is 1. The van der Waals surface area contributed by atoms with Crippen LogP contribution in [-0.4, -0.2) is 79.3 Å². The molecule has 0 N–H and O–H groups in total. The van der Waals surface area contributed by atoms with Gasteiger partial charge in [0.25, 0.3) is 5.17 Å². The van der Waals surface area contributed by atoms with Crippen molar-refractivity contribution in [2.24, 2.45) is 0 Å². The number of hydrogen-bond donors (Lipinski definition) is 0. The lowest BCUT2D eigenvalue weighted by atomic mass is 10.3. The Hall–Kier alpha value is -0.390. The molecule has 0 spiro atoms. The smallest absolute Gasteiger partial charge is 0.259 e. The van der Waals surface area contributed by atoms with Crippen LogP contribution in [0.15, 0.2) is 0 Å². The van der Waals surface area contributed by atoms with Crippen molar-refractivity contribution in [1.82, 2.24) is 14.7 Å². The van der Waals surface area contributed by atoms with E-state index in [4.69, 9.17) is 17.0 Å². The quantitative estimate of drug-likeness (QED) is 0.680. The molecule has 0 aromatic carbocycles. The van der Waals surface area contributed by atoms with E-state index in [0.29, 0.717) is 11.8 Å². The summed E-state index contributed by atoms with van der Waals surface area (Å²) >= 11 is 5.30. The third kappa shape index (κ3) is 5.19. The van der Waals surface area contributed by atoms with Crippen molar-refractivity contribution >= 4 is 17.4 Å². The number of thiocarbonyl (C=S) groups is 1. The lowest BCUT2D eigenvalue weighted by Gasteiger charge is -2.33. The van der Waals surface area contributed by atoms with Gasteiger partial charge in [0.2, 0.25) is 0 Å². The van der Waals surface area contributed by atoms with Crippen LogP contribution >= 0.6 is 12.2 Å². The van der Waals surface area contributed by atoms with Crippen LogP contribution in [0, 0.1) is 0 Å². The van der Waals surface area contributed by atoms with E-state index in [9.17, 15) is 0 Å². The predicted molar refractivity (Wildman–Crippen MR) is 75.4 cm³/mol. The summed E-state index contributed by atoms with van der Waals surface area (Å²) in [6, 6.07) is 0. The highest BCUT2D eigenvalue weighted by Gasteiger charge is 2.17. The van der Waals surface area contributed by atoms with Gasteiger partial charge in [-0.2, -0.15) is 0 Å². The molecule has 1 fully saturated rings. The standard InChI is InChI=1S/C12H25N3OS/c1-4-14(5-2)10-11-16-12(17)15-8-6-13(3)7-9-15/h4-11H2,1-3H3. The van der Waals surface area contributed by atoms with Crippen molar-refractivity contribution in [3.63, 3.8) is 0 Å². The Morgan fingerprint density at radius 3 is 2.29 bits per heavy atom. The molecule has 17 heavy (non-hydrogen) atoms. The van der Waals surface area contributed by atoms with E-state index in [1.165, 1.54) is 0 Å². The maximum absolute atomic E-state index is 5.65. The van der Waals surface area contributed by atoms with Crippen molar-refractivity contribution in [1.29, 1.82) is 0 Å². The van der Waals surface area contributed by atoms with Crippen LogP contribution in [-0.2, 0) is 4.74 Å². The molecule has 5 heteroatoms. The van der Waals surface area contributed by atoms with E-state index in [1.807, 2.05) is 0 Å². The second kappa shape index (κ2) is 7.84. The fourth-order valence-corrected chi connectivity index (χ4v) is 2.15. The SMILES string of the molecule is CCN(CC)CCOC(=S)N1CCN(C)CC1. The molecule has 0 atom stereocenters. The summed E-state index contributed by atoms with van der Waals surface area (Å²) in [5.74, 6) is 0. The minimum Gasteiger partial charge on any atom is -0.470 e. The molecule has 4 nitrogen and oxygen atoms in total. The van der Waals surface area contributed by atoms with Gasteiger partial charge >= 0.3 is 0 Å². The molecule has 1 saturated heterocycles. The summed E-state index contributed by atoms with van der Waals surface area (Å²) in [6.07, 6.45) is 0. The van der Waals surface area contributed by atoms with Crippen molar-refractivity contribution in [3.8, 4) is 0 Å². The molecule has 0 bridgehead atoms. The summed E-state index contributed by atoms with van der Waals surface area (Å²) in [5.41, 5.74) is 0. The van der Waals surface area contributed by atoms with Gasteiger partial charge in [-0.3, -0.25) is 0 Å². The summed E-state index contributed by atoms with van der Waals surface area (Å²) < 4.78 is 5.65. The second-order valence-corrected chi connectivity index (χ2v) is 4.78. The average molecular weight is 259 g/mol. The van der Waals surface area contributed by atoms with Gasteiger partial charge < -0.3 is 19.4 Å². The maximum atomic E-state index is 5.65. The van der Waals surface area contributed by atoms with E-state index in [-0.39, 0.29) is 0 Å². The van der Waals surface area contributed by atoms with Gasteiger partial charge in [0.05, 0.1) is 0 Å². The molecular weight excluding hydrogens is 234 g/mol. The number of hydrogen-bond acceptors (Lipinski definition) is 4. The number of ether oxygens (including phenoxy) is 1. The van der Waals surface area contributed by atoms with Crippen LogP contribution in [0.25, 0.3) is 0 Å². The van der Waals surface area contributed by atoms with Crippen LogP contribution in [0.2, 0.25) is 0 Å². The van der Waals surface area contributed by atoms with Crippen molar-refractivity contribution in [2.75, 3.05) is 59.5 Å². The number of nitrogens with zero attached hydrogens (tertiary/aromatic N) is 3. The fraction of sp³-hybridized carbons (Fsp3) is 0.917. The third-order valence-corrected chi connectivity index (χ3v) is 3.67. The molecule has 0 saturated carbocycles. The van der Waals surface area contributed by atoms with Gasteiger partial charge in [0.1, 0.15) is 6.61 Å². The molecule has 0 aliphatic carbocycles. The minimum absolute atomic E-state index is 0.672. The van der Waals surface area contributed by atoms with Crippen molar-refractivity contribution < 1.29 is 4.74 Å². The first-order valence-corrected chi connectivity index (χ1v) is 6.90. The van der Waals surface area contributed by atoms with Crippen molar-refractivity contribution in [3.05, 3.63) is 0 Å². The molecule has 1 aliphatic heterocycles. The highest BCUT2D eigenvalue weighted by Crippen LogP contribution is 2.02. The van der Waals surface area contributed by atoms with Crippen molar-refractivity contribution in [2.45, 2.75) is 13.8 Å². The van der Waals surface area contributed by atoms with Gasteiger partial charge in [-0.05, 0) is 32.4 Å². The highest BCUT2D eigenvalue weighted by molar-refractivity contribution is 7.80. The van der Waals surface area contributed by atoms with E-state index in [2.05, 4.69) is 35.6 Å². The molecule has 1 rings (SSSR count). The molecule has 0 aromatic heterocycles. The zero-order chi connectivity index (χ0) is 12.7. The van der Waals surface area contributed by atoms with Gasteiger partial charge in [-0.25, -0.2) is 0 Å². The van der Waals surface area contributed by atoms with Gasteiger partial charge in [0.15, 0.2) is 0 Å². The van der Waals surface area contributed by atoms with Crippen LogP contribution in [0.5, 0.6) is 0 Å². The van der Waals surface area contributed by atoms with Crippen LogP contribution in [0.3, 0.4) is 0 Å². The predicted octanol–water partition coefficient (Wildman–Crippen LogP) is 0.877. The Bertz CT molecular complexity index is 226. The molecule has 0 unspecified atom stereocenters. The first kappa shape index (κ1) is 14.7. The summed E-state index contributed by atoms with van der Waals surface area (Å²) in [6.45, 7) is 12.3. The molecule has 0 radical (unpaired) electrons. The minimum atomic E-state index is 0.672. The van der Waals surface area contributed by atoms with E-state index in [0.717, 1.165) is 45.8 Å². The van der Waals surface area contributed by atoms with E-state index >= 15 is 0 Å². The summed E-state index contributed by atoms with van der Waals surface area (Å²) in [7, 11) is 2.14. The fourth-order valence-electron chi connectivity index (χ4n) is 1.88. The Kier molecular flexibility index (Phi) is 6.77. The van der Waals surface area contributed by atoms with Crippen LogP contribution in [0.4, 0.5) is 0 Å². The summed E-state index contributed by atoms with van der Waals surface area (Å²) in [5, 5.41) is 0.672. The highest BCUT2D eigenvalue weighted by atomic mass is 32.1. The van der Waals surface area contributed by atoms with E-state index in [1.54, 1.807) is 0 Å². The normalized spacial score (nSPS) is 17.5. The largest absolute Gasteiger partial charge is 0.470 e. The first-order valence-electron chi connectivity index (χ1n) is 6.50. The maximum Gasteiger partial charge on any atom is 0.259 e. The second-order valence-electron chi connectivity index (χ2n) is 4.43. The summed E-state index contributed by atoms with van der Waals surface area (Å²) in [4.78, 5) is 6.82. The molecular formula is C12H25N3OS. The monoisotopic (exact) mass is 259 g/mol. The Morgan fingerprint density at radius 2 is 1.76 bits per heavy atom. The number of rotatable bonds is 5. The number of likely N-dealkylation sites (N-methyl/N-ethyl adjacent to an activating group) is 2. The zero-order valence-electron chi connectivity index (χ0n) is 11.3. The molecule has 0 aromatic rings. The molecule has 0 amide bonds. The van der Waals surface area contributed by atoms with Gasteiger partial charge in [-0.15, -0.1) is 0 Å². The Morgan fingerprint density at radius 1 is 1.18 bits per heavy atom. The van der Waals surface area contributed by atoms with Gasteiger partial charge in [-0.1, -0.05) is 13.8 Å². The molecule has 100 valence electrons. The Balaban J connectivity index is 2.16. The van der Waals surface area contributed by atoms with E-state index < -0.39 is 0 Å². The Labute approximate surface area is 110 Å². The molecule has 1 heterocycles. The first-order chi connectivity index (χ1) is 8.17.